The molecule has 0 radical (unpaired) electrons. The Bertz CT molecular complexity index is 1780. The first-order chi connectivity index (χ1) is 17.3. The van der Waals surface area contributed by atoms with E-state index < -0.39 is 30.7 Å². The molecule has 0 aliphatic carbocycles. The van der Waals surface area contributed by atoms with Crippen molar-refractivity contribution in [1.29, 1.82) is 0 Å². The van der Waals surface area contributed by atoms with Crippen LogP contribution in [0.4, 0.5) is 11.4 Å². The number of hydrogen-bond donors (Lipinski definition) is 2. The third-order valence-electron chi connectivity index (χ3n) is 5.10. The van der Waals surface area contributed by atoms with Crippen molar-refractivity contribution in [2.45, 2.75) is 23.6 Å². The van der Waals surface area contributed by atoms with Gasteiger partial charge in [-0.2, -0.15) is 21.9 Å². The highest BCUT2D eigenvalue weighted by Gasteiger charge is 2.21. The minimum atomic E-state index is -4.69. The molecule has 0 atom stereocenters. The summed E-state index contributed by atoms with van der Waals surface area (Å²) in [5.41, 5.74) is 0.477. The molecule has 0 aliphatic heterocycles. The molecule has 0 amide bonds. The quantitative estimate of drug-likeness (QED) is 0.184. The van der Waals surface area contributed by atoms with Gasteiger partial charge in [0.15, 0.2) is 5.69 Å². The van der Waals surface area contributed by atoms with Gasteiger partial charge in [0.1, 0.15) is 15.5 Å². The minimum Gasteiger partial charge on any atom is -0.379 e. The molecule has 1 aromatic heterocycles. The average molecular weight is 563 g/mol. The third kappa shape index (κ3) is 5.80. The Morgan fingerprint density at radius 1 is 0.919 bits per heavy atom. The van der Waals surface area contributed by atoms with Crippen LogP contribution in [0.5, 0.6) is 5.75 Å². The molecule has 14 heteroatoms. The van der Waals surface area contributed by atoms with Gasteiger partial charge in [0.05, 0.1) is 17.1 Å². The molecule has 1 heterocycles. The maximum Gasteiger partial charge on any atom is 0.339 e. The highest BCUT2D eigenvalue weighted by Crippen LogP contribution is 2.26. The van der Waals surface area contributed by atoms with Gasteiger partial charge < -0.3 is 4.18 Å². The number of azo groups is 1. The van der Waals surface area contributed by atoms with Crippen molar-refractivity contribution >= 4 is 43.2 Å². The number of aromatic amines is 1. The fourth-order valence-electron chi connectivity index (χ4n) is 3.26. The standard InChI is InChI=1S/C23H19ClN4O7S2/c1-14-3-10-19(11-4-14)37(33,34)35-18-8-6-17(7-9-18)25-26-22-15(2)27-28(23(22)29)20-12-5-16(24)13-21(20)36(30,31)32/h3-13,27H,1-2H3,(H,30,31,32). The summed E-state index contributed by atoms with van der Waals surface area (Å²) in [5.74, 6) is 0.0557. The molecule has 0 saturated heterocycles. The highest BCUT2D eigenvalue weighted by atomic mass is 35.5. The molecule has 4 rings (SSSR count). The second-order valence-electron chi connectivity index (χ2n) is 7.86. The minimum absolute atomic E-state index is 0.0129. The summed E-state index contributed by atoms with van der Waals surface area (Å²) in [6.45, 7) is 3.37. The van der Waals surface area contributed by atoms with E-state index in [0.29, 0.717) is 0 Å². The van der Waals surface area contributed by atoms with Gasteiger partial charge in [-0.15, -0.1) is 5.11 Å². The van der Waals surface area contributed by atoms with Crippen LogP contribution in [-0.4, -0.2) is 31.2 Å². The van der Waals surface area contributed by atoms with Crippen LogP contribution >= 0.6 is 11.6 Å². The fraction of sp³-hybridized carbons (Fsp3) is 0.0870. The van der Waals surface area contributed by atoms with E-state index in [1.165, 1.54) is 55.5 Å². The maximum absolute atomic E-state index is 12.9. The third-order valence-corrected chi connectivity index (χ3v) is 7.48. The second-order valence-corrected chi connectivity index (χ2v) is 11.2. The van der Waals surface area contributed by atoms with Gasteiger partial charge in [-0.25, -0.2) is 4.68 Å². The van der Waals surface area contributed by atoms with Crippen molar-refractivity contribution in [1.82, 2.24) is 9.78 Å². The van der Waals surface area contributed by atoms with Crippen molar-refractivity contribution < 1.29 is 25.6 Å². The SMILES string of the molecule is Cc1ccc(S(=O)(=O)Oc2ccc(N=Nc3c(C)[nH]n(-c4ccc(Cl)cc4S(=O)(=O)O)c3=O)cc2)cc1. The summed E-state index contributed by atoms with van der Waals surface area (Å²) < 4.78 is 64.0. The Kier molecular flexibility index (Phi) is 7.06. The zero-order chi connectivity index (χ0) is 27.0. The van der Waals surface area contributed by atoms with Gasteiger partial charge in [-0.05, 0) is 68.4 Å². The Morgan fingerprint density at radius 2 is 1.57 bits per heavy atom. The van der Waals surface area contributed by atoms with Gasteiger partial charge in [0.2, 0.25) is 0 Å². The first kappa shape index (κ1) is 26.3. The smallest absolute Gasteiger partial charge is 0.339 e. The molecule has 0 aliphatic rings. The van der Waals surface area contributed by atoms with E-state index in [1.54, 1.807) is 12.1 Å². The topological polar surface area (TPSA) is 160 Å². The lowest BCUT2D eigenvalue weighted by Crippen LogP contribution is -2.17. The van der Waals surface area contributed by atoms with Crippen LogP contribution in [-0.2, 0) is 20.2 Å². The maximum atomic E-state index is 12.9. The van der Waals surface area contributed by atoms with Crippen LogP contribution < -0.4 is 9.74 Å². The predicted molar refractivity (Wildman–Crippen MR) is 136 cm³/mol. The van der Waals surface area contributed by atoms with Crippen molar-refractivity contribution in [3.8, 4) is 11.4 Å². The number of aryl methyl sites for hydroxylation is 2. The lowest BCUT2D eigenvalue weighted by Gasteiger charge is -2.07. The summed E-state index contributed by atoms with van der Waals surface area (Å²) in [7, 11) is -8.71. The molecular formula is C23H19ClN4O7S2. The predicted octanol–water partition coefficient (Wildman–Crippen LogP) is 4.87. The summed E-state index contributed by atoms with van der Waals surface area (Å²) in [5, 5.41) is 10.7. The van der Waals surface area contributed by atoms with E-state index in [1.807, 2.05) is 6.92 Å². The normalized spacial score (nSPS) is 12.2. The molecule has 0 fully saturated rings. The number of H-pyrrole nitrogens is 1. The van der Waals surface area contributed by atoms with Crippen LogP contribution in [0.3, 0.4) is 0 Å². The molecule has 3 aromatic carbocycles. The van der Waals surface area contributed by atoms with Crippen molar-refractivity contribution in [2.75, 3.05) is 0 Å². The van der Waals surface area contributed by atoms with E-state index >= 15 is 0 Å². The lowest BCUT2D eigenvalue weighted by atomic mass is 10.2. The molecule has 0 spiro atoms. The van der Waals surface area contributed by atoms with E-state index in [-0.39, 0.29) is 38.4 Å². The molecule has 37 heavy (non-hydrogen) atoms. The highest BCUT2D eigenvalue weighted by molar-refractivity contribution is 7.87. The first-order valence-electron chi connectivity index (χ1n) is 10.5. The lowest BCUT2D eigenvalue weighted by molar-refractivity contribution is 0.481. The molecule has 11 nitrogen and oxygen atoms in total. The number of nitrogens with one attached hydrogen (secondary N) is 1. The zero-order valence-corrected chi connectivity index (χ0v) is 21.7. The van der Waals surface area contributed by atoms with Gasteiger partial charge in [-0.3, -0.25) is 14.4 Å². The number of halogens is 1. The van der Waals surface area contributed by atoms with Gasteiger partial charge in [-0.1, -0.05) is 29.3 Å². The van der Waals surface area contributed by atoms with Crippen LogP contribution in [0.25, 0.3) is 5.69 Å². The molecule has 0 unspecified atom stereocenters. The Hall–Kier alpha value is -3.78. The van der Waals surface area contributed by atoms with Crippen molar-refractivity contribution in [3.05, 3.63) is 93.4 Å². The number of hydrogen-bond acceptors (Lipinski definition) is 8. The van der Waals surface area contributed by atoms with E-state index in [4.69, 9.17) is 15.8 Å². The van der Waals surface area contributed by atoms with Gasteiger partial charge >= 0.3 is 10.1 Å². The Morgan fingerprint density at radius 3 is 2.19 bits per heavy atom. The van der Waals surface area contributed by atoms with E-state index in [0.717, 1.165) is 16.3 Å². The van der Waals surface area contributed by atoms with Crippen molar-refractivity contribution in [2.24, 2.45) is 10.2 Å². The molecule has 0 bridgehead atoms. The van der Waals surface area contributed by atoms with E-state index in [2.05, 4.69) is 15.3 Å². The Labute approximate surface area is 216 Å². The average Bonchev–Trinajstić information content (AvgIpc) is 3.11. The van der Waals surface area contributed by atoms with Gasteiger partial charge in [0.25, 0.3) is 15.7 Å². The number of aromatic nitrogens is 2. The summed E-state index contributed by atoms with van der Waals surface area (Å²) in [6, 6.07) is 15.5. The number of nitrogens with zero attached hydrogens (tertiary/aromatic N) is 3. The largest absolute Gasteiger partial charge is 0.379 e. The summed E-state index contributed by atoms with van der Waals surface area (Å²) in [4.78, 5) is 12.4. The molecule has 0 saturated carbocycles. The van der Waals surface area contributed by atoms with Crippen LogP contribution in [0.2, 0.25) is 5.02 Å². The van der Waals surface area contributed by atoms with Crippen LogP contribution in [0.15, 0.2) is 91.5 Å². The molecule has 4 aromatic rings. The fourth-order valence-corrected chi connectivity index (χ4v) is 5.13. The monoisotopic (exact) mass is 562 g/mol. The Balaban J connectivity index is 1.58. The second kappa shape index (κ2) is 9.94. The number of benzene rings is 3. The van der Waals surface area contributed by atoms with Crippen molar-refractivity contribution in [3.63, 3.8) is 0 Å². The van der Waals surface area contributed by atoms with E-state index in [9.17, 15) is 26.2 Å². The molecule has 2 N–H and O–H groups in total. The molecular weight excluding hydrogens is 544 g/mol. The summed E-state index contributed by atoms with van der Waals surface area (Å²) >= 11 is 5.84. The van der Waals surface area contributed by atoms with Gasteiger partial charge in [0, 0.05) is 5.02 Å². The molecule has 192 valence electrons. The van der Waals surface area contributed by atoms with Crippen LogP contribution in [0.1, 0.15) is 11.3 Å². The first-order valence-corrected chi connectivity index (χ1v) is 13.7. The van der Waals surface area contributed by atoms with Crippen LogP contribution in [0, 0.1) is 13.8 Å². The number of rotatable bonds is 7. The zero-order valence-electron chi connectivity index (χ0n) is 19.3. The summed E-state index contributed by atoms with van der Waals surface area (Å²) in [6.07, 6.45) is 0.